The van der Waals surface area contributed by atoms with Gasteiger partial charge in [-0.2, -0.15) is 0 Å². The van der Waals surface area contributed by atoms with Crippen molar-refractivity contribution < 1.29 is 23.4 Å². The average Bonchev–Trinajstić information content (AvgIpc) is 3.26. The molecule has 5 rings (SSSR count). The second-order valence-corrected chi connectivity index (χ2v) is 18.8. The monoisotopic (exact) mass is 607 g/mol. The fourth-order valence-electron chi connectivity index (χ4n) is 11.5. The normalized spacial score (nSPS) is 44.6. The first kappa shape index (κ1) is 32.9. The summed E-state index contributed by atoms with van der Waals surface area (Å²) >= 11 is 0. The van der Waals surface area contributed by atoms with Crippen LogP contribution in [0.15, 0.2) is 0 Å². The van der Waals surface area contributed by atoms with Crippen molar-refractivity contribution in [2.24, 2.45) is 57.7 Å². The van der Waals surface area contributed by atoms with Gasteiger partial charge in [0, 0.05) is 19.5 Å². The van der Waals surface area contributed by atoms with E-state index >= 15 is 0 Å². The lowest BCUT2D eigenvalue weighted by Gasteiger charge is -2.64. The Balaban J connectivity index is 1.18. The molecule has 0 amide bonds. The molecular formula is C35H61NO5S. The van der Waals surface area contributed by atoms with Crippen molar-refractivity contribution in [3.8, 4) is 0 Å². The van der Waals surface area contributed by atoms with Crippen LogP contribution in [-0.2, 0) is 14.8 Å². The van der Waals surface area contributed by atoms with Crippen LogP contribution in [0, 0.1) is 57.7 Å². The Morgan fingerprint density at radius 1 is 0.905 bits per heavy atom. The molecule has 0 unspecified atom stereocenters. The first-order chi connectivity index (χ1) is 19.6. The third-order valence-corrected chi connectivity index (χ3v) is 15.9. The number of hydrogen-bond donors (Lipinski definition) is 2. The molecule has 242 valence electrons. The topological polar surface area (TPSA) is 94.9 Å². The number of fused-ring (bicyclic) bond motifs is 5. The average molecular weight is 608 g/mol. The molecular weight excluding hydrogens is 546 g/mol. The Kier molecular flexibility index (Phi) is 9.41. The van der Waals surface area contributed by atoms with E-state index in [2.05, 4.69) is 41.5 Å². The van der Waals surface area contributed by atoms with Crippen LogP contribution in [0.5, 0.6) is 0 Å². The molecule has 4 saturated carbocycles. The van der Waals surface area contributed by atoms with Crippen molar-refractivity contribution >= 4 is 15.8 Å². The number of rotatable bonds is 9. The number of nitrogens with zero attached hydrogens (tertiary/aromatic N) is 1. The number of hydrogen-bond acceptors (Lipinski definition) is 5. The predicted molar refractivity (Wildman–Crippen MR) is 168 cm³/mol. The first-order valence-electron chi connectivity index (χ1n) is 17.5. The molecule has 11 atom stereocenters. The highest BCUT2D eigenvalue weighted by molar-refractivity contribution is 7.89. The lowest BCUT2D eigenvalue weighted by molar-refractivity contribution is -0.203. The van der Waals surface area contributed by atoms with E-state index in [1.54, 1.807) is 0 Å². The third-order valence-electron chi connectivity index (χ3n) is 14.1. The Hall–Kier alpha value is -0.500. The molecule has 0 aromatic heterocycles. The SMILES string of the molecule is CC[C@H]1[C@@H](O)[C@@H]2[C@H](CC[C@]3(C)[C@@H]([C@H](C)CCCC(=O)CS(=O)(=O)N4CCC(C)(C)CC4)CC[C@@H]23)[C@@]2(C)CC[C@@H](O)C[C@@H]12. The number of sulfonamides is 1. The van der Waals surface area contributed by atoms with E-state index in [4.69, 9.17) is 0 Å². The van der Waals surface area contributed by atoms with Crippen molar-refractivity contribution in [3.63, 3.8) is 0 Å². The summed E-state index contributed by atoms with van der Waals surface area (Å²) in [5, 5.41) is 22.5. The van der Waals surface area contributed by atoms with Gasteiger partial charge in [-0.1, -0.05) is 54.4 Å². The molecule has 2 N–H and O–H groups in total. The summed E-state index contributed by atoms with van der Waals surface area (Å²) in [6.45, 7) is 15.0. The maximum absolute atomic E-state index is 12.9. The number of ketones is 1. The van der Waals surface area contributed by atoms with Crippen LogP contribution in [0.4, 0.5) is 0 Å². The van der Waals surface area contributed by atoms with Gasteiger partial charge in [0.25, 0.3) is 0 Å². The molecule has 5 fully saturated rings. The van der Waals surface area contributed by atoms with E-state index in [-0.39, 0.29) is 45.9 Å². The van der Waals surface area contributed by atoms with Gasteiger partial charge in [0.15, 0.2) is 0 Å². The van der Waals surface area contributed by atoms with Gasteiger partial charge in [-0.3, -0.25) is 4.79 Å². The molecule has 4 aliphatic carbocycles. The quantitative estimate of drug-likeness (QED) is 0.315. The smallest absolute Gasteiger partial charge is 0.221 e. The van der Waals surface area contributed by atoms with Crippen molar-refractivity contribution in [3.05, 3.63) is 0 Å². The second-order valence-electron chi connectivity index (χ2n) is 16.8. The van der Waals surface area contributed by atoms with Gasteiger partial charge in [0.2, 0.25) is 10.0 Å². The molecule has 1 heterocycles. The fraction of sp³-hybridized carbons (Fsp3) is 0.971. The Morgan fingerprint density at radius 2 is 1.55 bits per heavy atom. The lowest BCUT2D eigenvalue weighted by atomic mass is 9.41. The van der Waals surface area contributed by atoms with Crippen molar-refractivity contribution in [2.45, 2.75) is 137 Å². The van der Waals surface area contributed by atoms with Crippen LogP contribution in [0.2, 0.25) is 0 Å². The van der Waals surface area contributed by atoms with Gasteiger partial charge in [-0.25, -0.2) is 12.7 Å². The second kappa shape index (κ2) is 12.0. The van der Waals surface area contributed by atoms with Gasteiger partial charge in [-0.15, -0.1) is 0 Å². The molecule has 7 heteroatoms. The van der Waals surface area contributed by atoms with Gasteiger partial charge < -0.3 is 10.2 Å². The van der Waals surface area contributed by atoms with E-state index in [0.717, 1.165) is 51.4 Å². The molecule has 0 aromatic carbocycles. The van der Waals surface area contributed by atoms with Crippen LogP contribution in [0.1, 0.15) is 125 Å². The van der Waals surface area contributed by atoms with Crippen molar-refractivity contribution in [1.29, 1.82) is 0 Å². The van der Waals surface area contributed by atoms with E-state index in [0.29, 0.717) is 55.0 Å². The minimum atomic E-state index is -3.52. The molecule has 5 aliphatic rings. The molecule has 1 aliphatic heterocycles. The molecule has 0 spiro atoms. The van der Waals surface area contributed by atoms with Crippen LogP contribution >= 0.6 is 0 Å². The van der Waals surface area contributed by atoms with Gasteiger partial charge >= 0.3 is 0 Å². The standard InChI is InChI=1S/C35H61NO5S/c1-7-26-30-21-24(37)13-15-35(30,6)29-14-16-34(5)27(11-12-28(34)31(29)32(26)39)23(2)9-8-10-25(38)22-42(40,41)36-19-17-33(3,4)18-20-36/h23-24,26-32,37,39H,7-22H2,1-6H3/t23-,24-,26-,27-,28+,29+,30+,31+,32-,34-,35-/m1/s1. The summed E-state index contributed by atoms with van der Waals surface area (Å²) in [5.41, 5.74) is 0.612. The van der Waals surface area contributed by atoms with Crippen LogP contribution in [0.3, 0.4) is 0 Å². The summed E-state index contributed by atoms with van der Waals surface area (Å²) in [4.78, 5) is 12.8. The number of piperidine rings is 1. The highest BCUT2D eigenvalue weighted by atomic mass is 32.2. The van der Waals surface area contributed by atoms with E-state index in [1.807, 2.05) is 0 Å². The number of aliphatic hydroxyl groups is 2. The summed E-state index contributed by atoms with van der Waals surface area (Å²) in [6.07, 6.45) is 11.9. The number of aliphatic hydroxyl groups excluding tert-OH is 2. The number of carbonyl (C=O) groups is 1. The predicted octanol–water partition coefficient (Wildman–Crippen LogP) is 6.44. The summed E-state index contributed by atoms with van der Waals surface area (Å²) in [7, 11) is -3.52. The zero-order chi connectivity index (χ0) is 30.7. The van der Waals surface area contributed by atoms with Crippen molar-refractivity contribution in [1.82, 2.24) is 4.31 Å². The van der Waals surface area contributed by atoms with Crippen LogP contribution in [-0.4, -0.2) is 59.8 Å². The minimum absolute atomic E-state index is 0.139. The summed E-state index contributed by atoms with van der Waals surface area (Å²) < 4.78 is 27.3. The summed E-state index contributed by atoms with van der Waals surface area (Å²) in [6, 6.07) is 0. The Bertz CT molecular complexity index is 1080. The fourth-order valence-corrected chi connectivity index (χ4v) is 13.0. The number of Topliss-reactive ketones (excluding diaryl/α,β-unsaturated/α-hetero) is 1. The van der Waals surface area contributed by atoms with Crippen molar-refractivity contribution in [2.75, 3.05) is 18.8 Å². The number of carbonyl (C=O) groups excluding carboxylic acids is 1. The Labute approximate surface area is 256 Å². The van der Waals surface area contributed by atoms with Crippen LogP contribution in [0.25, 0.3) is 0 Å². The first-order valence-corrected chi connectivity index (χ1v) is 19.1. The Morgan fingerprint density at radius 3 is 2.21 bits per heavy atom. The summed E-state index contributed by atoms with van der Waals surface area (Å²) in [5.74, 6) is 2.74. The lowest BCUT2D eigenvalue weighted by Crippen LogP contribution is -2.62. The maximum Gasteiger partial charge on any atom is 0.221 e. The van der Waals surface area contributed by atoms with E-state index < -0.39 is 10.0 Å². The molecule has 0 aromatic rings. The zero-order valence-corrected chi connectivity index (χ0v) is 28.3. The maximum atomic E-state index is 12.9. The van der Waals surface area contributed by atoms with Gasteiger partial charge in [0.1, 0.15) is 11.5 Å². The zero-order valence-electron chi connectivity index (χ0n) is 27.5. The van der Waals surface area contributed by atoms with Crippen LogP contribution < -0.4 is 0 Å². The minimum Gasteiger partial charge on any atom is -0.393 e. The highest BCUT2D eigenvalue weighted by Gasteiger charge is 2.64. The molecule has 6 nitrogen and oxygen atoms in total. The van der Waals surface area contributed by atoms with E-state index in [9.17, 15) is 23.4 Å². The van der Waals surface area contributed by atoms with E-state index in [1.165, 1.54) is 30.0 Å². The molecule has 0 radical (unpaired) electrons. The molecule has 42 heavy (non-hydrogen) atoms. The third kappa shape index (κ3) is 5.91. The molecule has 1 saturated heterocycles. The largest absolute Gasteiger partial charge is 0.393 e. The molecule has 0 bridgehead atoms. The van der Waals surface area contributed by atoms with Gasteiger partial charge in [-0.05, 0) is 122 Å². The van der Waals surface area contributed by atoms with Gasteiger partial charge in [0.05, 0.1) is 12.2 Å². The highest BCUT2D eigenvalue weighted by Crippen LogP contribution is 2.69.